The molecule has 0 aliphatic carbocycles. The topological polar surface area (TPSA) is 65.2 Å². The fourth-order valence-corrected chi connectivity index (χ4v) is 3.26. The van der Waals surface area contributed by atoms with E-state index in [9.17, 15) is 8.42 Å². The molecule has 18 heavy (non-hydrogen) atoms. The van der Waals surface area contributed by atoms with Crippen LogP contribution in [0, 0.1) is 0 Å². The van der Waals surface area contributed by atoms with Crippen molar-refractivity contribution in [1.82, 2.24) is 14.6 Å². The second kappa shape index (κ2) is 6.92. The monoisotopic (exact) mass is 273 g/mol. The third-order valence-electron chi connectivity index (χ3n) is 2.80. The van der Waals surface area contributed by atoms with E-state index in [4.69, 9.17) is 0 Å². The number of aromatic nitrogens is 1. The van der Waals surface area contributed by atoms with E-state index in [1.807, 2.05) is 13.8 Å². The number of aromatic amines is 1. The minimum Gasteiger partial charge on any atom is -0.363 e. The summed E-state index contributed by atoms with van der Waals surface area (Å²) in [6.45, 7) is 8.37. The second-order valence-electron chi connectivity index (χ2n) is 4.13. The third kappa shape index (κ3) is 3.57. The van der Waals surface area contributed by atoms with Crippen LogP contribution < -0.4 is 5.32 Å². The van der Waals surface area contributed by atoms with E-state index in [0.717, 1.165) is 18.7 Å². The molecule has 1 heterocycles. The molecule has 0 saturated heterocycles. The smallest absolute Gasteiger partial charge is 0.244 e. The lowest BCUT2D eigenvalue weighted by atomic mass is 10.4. The van der Waals surface area contributed by atoms with Gasteiger partial charge in [-0.1, -0.05) is 20.8 Å². The molecule has 5 nitrogen and oxygen atoms in total. The van der Waals surface area contributed by atoms with Crippen LogP contribution in [0.4, 0.5) is 0 Å². The zero-order valence-corrected chi connectivity index (χ0v) is 12.2. The van der Waals surface area contributed by atoms with Crippen LogP contribution >= 0.6 is 0 Å². The van der Waals surface area contributed by atoms with Crippen molar-refractivity contribution in [3.05, 3.63) is 18.0 Å². The SMILES string of the molecule is CCCNCc1cc(S(=O)(=O)N(CC)CC)c[nH]1. The van der Waals surface area contributed by atoms with E-state index >= 15 is 0 Å². The summed E-state index contributed by atoms with van der Waals surface area (Å²) in [6.07, 6.45) is 2.63. The van der Waals surface area contributed by atoms with Gasteiger partial charge in [0.25, 0.3) is 0 Å². The Hall–Kier alpha value is -0.850. The molecule has 0 spiro atoms. The van der Waals surface area contributed by atoms with E-state index in [-0.39, 0.29) is 0 Å². The maximum Gasteiger partial charge on any atom is 0.244 e. The molecule has 1 aromatic heterocycles. The van der Waals surface area contributed by atoms with Gasteiger partial charge in [0, 0.05) is 31.5 Å². The molecule has 0 bridgehead atoms. The highest BCUT2D eigenvalue weighted by Gasteiger charge is 2.22. The molecule has 1 aromatic rings. The first-order chi connectivity index (χ1) is 8.56. The normalized spacial score (nSPS) is 12.2. The number of H-pyrrole nitrogens is 1. The van der Waals surface area contributed by atoms with Gasteiger partial charge >= 0.3 is 0 Å². The Kier molecular flexibility index (Phi) is 5.84. The molecule has 0 saturated carbocycles. The molecular formula is C12H23N3O2S. The maximum absolute atomic E-state index is 12.2. The van der Waals surface area contributed by atoms with Crippen molar-refractivity contribution in [3.63, 3.8) is 0 Å². The fraction of sp³-hybridized carbons (Fsp3) is 0.667. The van der Waals surface area contributed by atoms with Gasteiger partial charge in [-0.25, -0.2) is 8.42 Å². The first-order valence-electron chi connectivity index (χ1n) is 6.44. The van der Waals surface area contributed by atoms with Crippen LogP contribution in [0.1, 0.15) is 32.9 Å². The van der Waals surface area contributed by atoms with Gasteiger partial charge in [0.15, 0.2) is 0 Å². The molecule has 0 radical (unpaired) electrons. The van der Waals surface area contributed by atoms with Gasteiger partial charge in [-0.2, -0.15) is 4.31 Å². The first kappa shape index (κ1) is 15.2. The largest absolute Gasteiger partial charge is 0.363 e. The molecule has 0 atom stereocenters. The highest BCUT2D eigenvalue weighted by molar-refractivity contribution is 7.89. The minimum absolute atomic E-state index is 0.347. The average Bonchev–Trinajstić information content (AvgIpc) is 2.80. The quantitative estimate of drug-likeness (QED) is 0.706. The lowest BCUT2D eigenvalue weighted by Crippen LogP contribution is -2.30. The van der Waals surface area contributed by atoms with E-state index < -0.39 is 10.0 Å². The summed E-state index contributed by atoms with van der Waals surface area (Å²) >= 11 is 0. The number of hydrogen-bond donors (Lipinski definition) is 2. The van der Waals surface area contributed by atoms with E-state index in [1.165, 1.54) is 4.31 Å². The molecule has 0 unspecified atom stereocenters. The Labute approximate surface area is 110 Å². The predicted molar refractivity (Wildman–Crippen MR) is 72.9 cm³/mol. The molecule has 0 aromatic carbocycles. The van der Waals surface area contributed by atoms with Gasteiger partial charge < -0.3 is 10.3 Å². The Bertz CT molecular complexity index is 450. The van der Waals surface area contributed by atoms with Crippen LogP contribution in [-0.4, -0.2) is 37.3 Å². The number of hydrogen-bond acceptors (Lipinski definition) is 3. The Morgan fingerprint density at radius 3 is 2.50 bits per heavy atom. The highest BCUT2D eigenvalue weighted by atomic mass is 32.2. The van der Waals surface area contributed by atoms with Crippen LogP contribution in [0.3, 0.4) is 0 Å². The summed E-state index contributed by atoms with van der Waals surface area (Å²) in [7, 11) is -3.34. The van der Waals surface area contributed by atoms with Gasteiger partial charge in [0.05, 0.1) is 4.90 Å². The maximum atomic E-state index is 12.2. The van der Waals surface area contributed by atoms with Crippen LogP contribution in [0.15, 0.2) is 17.2 Å². The van der Waals surface area contributed by atoms with Gasteiger partial charge in [0.2, 0.25) is 10.0 Å². The first-order valence-corrected chi connectivity index (χ1v) is 7.88. The highest BCUT2D eigenvalue weighted by Crippen LogP contribution is 2.16. The molecule has 0 fully saturated rings. The molecule has 2 N–H and O–H groups in total. The summed E-state index contributed by atoms with van der Waals surface area (Å²) in [4.78, 5) is 3.35. The number of nitrogens with zero attached hydrogens (tertiary/aromatic N) is 1. The van der Waals surface area contributed by atoms with E-state index in [0.29, 0.717) is 24.5 Å². The van der Waals surface area contributed by atoms with E-state index in [2.05, 4.69) is 17.2 Å². The average molecular weight is 273 g/mol. The predicted octanol–water partition coefficient (Wildman–Crippen LogP) is 1.54. The lowest BCUT2D eigenvalue weighted by molar-refractivity contribution is 0.445. The summed E-state index contributed by atoms with van der Waals surface area (Å²) in [5.41, 5.74) is 0.897. The van der Waals surface area contributed by atoms with Gasteiger partial charge in [-0.3, -0.25) is 0 Å². The minimum atomic E-state index is -3.34. The molecule has 104 valence electrons. The Balaban J connectivity index is 2.78. The van der Waals surface area contributed by atoms with Crippen molar-refractivity contribution in [2.75, 3.05) is 19.6 Å². The summed E-state index contributed by atoms with van der Waals surface area (Å²) < 4.78 is 25.9. The van der Waals surface area contributed by atoms with Crippen LogP contribution in [-0.2, 0) is 16.6 Å². The Morgan fingerprint density at radius 1 is 1.28 bits per heavy atom. The van der Waals surface area contributed by atoms with Gasteiger partial charge in [0.1, 0.15) is 0 Å². The van der Waals surface area contributed by atoms with Crippen LogP contribution in [0.2, 0.25) is 0 Å². The van der Waals surface area contributed by atoms with Gasteiger partial charge in [-0.05, 0) is 19.0 Å². The summed E-state index contributed by atoms with van der Waals surface area (Å²) in [5, 5.41) is 3.23. The fourth-order valence-electron chi connectivity index (χ4n) is 1.78. The lowest BCUT2D eigenvalue weighted by Gasteiger charge is -2.16. The van der Waals surface area contributed by atoms with Crippen molar-refractivity contribution in [2.24, 2.45) is 0 Å². The summed E-state index contributed by atoms with van der Waals surface area (Å²) in [6, 6.07) is 1.70. The van der Waals surface area contributed by atoms with E-state index in [1.54, 1.807) is 12.3 Å². The molecule has 0 aliphatic rings. The van der Waals surface area contributed by atoms with Crippen molar-refractivity contribution in [2.45, 2.75) is 38.6 Å². The number of rotatable bonds is 8. The zero-order chi connectivity index (χ0) is 13.6. The molecule has 6 heteroatoms. The number of nitrogens with one attached hydrogen (secondary N) is 2. The van der Waals surface area contributed by atoms with Crippen molar-refractivity contribution >= 4 is 10.0 Å². The standard InChI is InChI=1S/C12H23N3O2S/c1-4-7-13-9-11-8-12(10-14-11)18(16,17)15(5-2)6-3/h8,10,13-14H,4-7,9H2,1-3H3. The molecule has 0 aliphatic heterocycles. The Morgan fingerprint density at radius 2 is 1.94 bits per heavy atom. The summed E-state index contributed by atoms with van der Waals surface area (Å²) in [5.74, 6) is 0. The molecule has 0 amide bonds. The zero-order valence-electron chi connectivity index (χ0n) is 11.4. The third-order valence-corrected chi connectivity index (χ3v) is 4.83. The van der Waals surface area contributed by atoms with Crippen molar-refractivity contribution in [3.8, 4) is 0 Å². The van der Waals surface area contributed by atoms with Gasteiger partial charge in [-0.15, -0.1) is 0 Å². The van der Waals surface area contributed by atoms with Crippen LogP contribution in [0.25, 0.3) is 0 Å². The number of sulfonamides is 1. The second-order valence-corrected chi connectivity index (χ2v) is 6.06. The molecular weight excluding hydrogens is 250 g/mol. The van der Waals surface area contributed by atoms with Crippen molar-refractivity contribution < 1.29 is 8.42 Å². The van der Waals surface area contributed by atoms with Crippen molar-refractivity contribution in [1.29, 1.82) is 0 Å². The molecule has 1 rings (SSSR count). The van der Waals surface area contributed by atoms with Crippen LogP contribution in [0.5, 0.6) is 0 Å².